The Bertz CT molecular complexity index is 723. The predicted octanol–water partition coefficient (Wildman–Crippen LogP) is 4.36. The molecule has 0 aliphatic heterocycles. The van der Waals surface area contributed by atoms with Gasteiger partial charge in [0.15, 0.2) is 0 Å². The Hall–Kier alpha value is -2.34. The summed E-state index contributed by atoms with van der Waals surface area (Å²) >= 11 is 0. The summed E-state index contributed by atoms with van der Waals surface area (Å²) in [5.74, 6) is -0.567. The second-order valence-electron chi connectivity index (χ2n) is 5.59. The fraction of sp³-hybridized carbons (Fsp3) is 0.222. The van der Waals surface area contributed by atoms with Crippen LogP contribution in [0.2, 0.25) is 0 Å². The fourth-order valence-corrected chi connectivity index (χ4v) is 2.20. The van der Waals surface area contributed by atoms with Crippen molar-refractivity contribution in [3.05, 3.63) is 71.6 Å². The molecule has 0 radical (unpaired) electrons. The summed E-state index contributed by atoms with van der Waals surface area (Å²) < 4.78 is 53.5. The van der Waals surface area contributed by atoms with E-state index in [1.54, 1.807) is 19.0 Å². The maximum Gasteiger partial charge on any atom is 0.425 e. The van der Waals surface area contributed by atoms with Gasteiger partial charge in [0.2, 0.25) is 5.60 Å². The Morgan fingerprint density at radius 2 is 1.62 bits per heavy atom. The van der Waals surface area contributed by atoms with E-state index in [1.807, 2.05) is 0 Å². The quantitative estimate of drug-likeness (QED) is 0.837. The van der Waals surface area contributed by atoms with Gasteiger partial charge in [-0.05, 0) is 41.5 Å². The standard InChI is InChI=1S/C18H17F4NO/c1-23(2)16-8-6-14(7-9-16)17(24,18(20,21)22)11-10-13-4-3-5-15(19)12-13/h3-12,24H,1-2H3. The van der Waals surface area contributed by atoms with Crippen molar-refractivity contribution >= 4 is 11.8 Å². The van der Waals surface area contributed by atoms with E-state index in [9.17, 15) is 22.7 Å². The lowest BCUT2D eigenvalue weighted by atomic mass is 9.91. The molecular formula is C18H17F4NO. The lowest BCUT2D eigenvalue weighted by Crippen LogP contribution is -2.40. The first-order valence-electron chi connectivity index (χ1n) is 7.15. The predicted molar refractivity (Wildman–Crippen MR) is 86.2 cm³/mol. The zero-order valence-electron chi connectivity index (χ0n) is 13.2. The molecule has 0 amide bonds. The summed E-state index contributed by atoms with van der Waals surface area (Å²) in [4.78, 5) is 1.74. The number of rotatable bonds is 4. The molecule has 1 unspecified atom stereocenters. The lowest BCUT2D eigenvalue weighted by Gasteiger charge is -2.28. The van der Waals surface area contributed by atoms with E-state index in [-0.39, 0.29) is 11.1 Å². The Balaban J connectivity index is 2.43. The molecule has 1 atom stereocenters. The Morgan fingerprint density at radius 3 is 2.12 bits per heavy atom. The second kappa shape index (κ2) is 6.65. The monoisotopic (exact) mass is 339 g/mol. The summed E-state index contributed by atoms with van der Waals surface area (Å²) in [6, 6.07) is 10.5. The van der Waals surface area contributed by atoms with Gasteiger partial charge in [-0.2, -0.15) is 13.2 Å². The van der Waals surface area contributed by atoms with E-state index in [2.05, 4.69) is 0 Å². The van der Waals surface area contributed by atoms with Gasteiger partial charge in [0.05, 0.1) is 0 Å². The molecule has 0 aliphatic carbocycles. The van der Waals surface area contributed by atoms with Gasteiger partial charge in [-0.25, -0.2) is 4.39 Å². The lowest BCUT2D eigenvalue weighted by molar-refractivity contribution is -0.244. The minimum atomic E-state index is -4.92. The first kappa shape index (κ1) is 18.0. The third kappa shape index (κ3) is 3.76. The number of hydrogen-bond donors (Lipinski definition) is 1. The Kier molecular flexibility index (Phi) is 4.99. The maximum absolute atomic E-state index is 13.4. The van der Waals surface area contributed by atoms with Gasteiger partial charge in [-0.1, -0.05) is 30.3 Å². The molecule has 0 aromatic heterocycles. The number of benzene rings is 2. The molecule has 1 N–H and O–H groups in total. The molecule has 2 nitrogen and oxygen atoms in total. The van der Waals surface area contributed by atoms with E-state index < -0.39 is 17.6 Å². The fourth-order valence-electron chi connectivity index (χ4n) is 2.20. The molecule has 0 bridgehead atoms. The van der Waals surface area contributed by atoms with Crippen molar-refractivity contribution in [1.82, 2.24) is 0 Å². The summed E-state index contributed by atoms with van der Waals surface area (Å²) in [7, 11) is 3.52. The van der Waals surface area contributed by atoms with Crippen LogP contribution in [0.5, 0.6) is 0 Å². The van der Waals surface area contributed by atoms with Gasteiger partial charge in [-0.3, -0.25) is 0 Å². The van der Waals surface area contributed by atoms with Gasteiger partial charge in [0.25, 0.3) is 0 Å². The minimum absolute atomic E-state index is 0.225. The summed E-state index contributed by atoms with van der Waals surface area (Å²) in [5.41, 5.74) is -2.54. The van der Waals surface area contributed by atoms with Crippen LogP contribution >= 0.6 is 0 Å². The zero-order valence-corrected chi connectivity index (χ0v) is 13.2. The molecule has 2 rings (SSSR count). The van der Waals surface area contributed by atoms with Crippen LogP contribution in [0, 0.1) is 5.82 Å². The van der Waals surface area contributed by atoms with Crippen molar-refractivity contribution in [2.45, 2.75) is 11.8 Å². The molecule has 128 valence electrons. The summed E-state index contributed by atoms with van der Waals surface area (Å²) in [6.45, 7) is 0. The molecule has 0 fully saturated rings. The van der Waals surface area contributed by atoms with E-state index in [0.717, 1.165) is 12.1 Å². The number of nitrogens with zero attached hydrogens (tertiary/aromatic N) is 1. The normalized spacial score (nSPS) is 14.6. The molecule has 0 saturated heterocycles. The highest BCUT2D eigenvalue weighted by molar-refractivity contribution is 5.53. The largest absolute Gasteiger partial charge is 0.425 e. The van der Waals surface area contributed by atoms with E-state index in [4.69, 9.17) is 0 Å². The number of anilines is 1. The molecule has 24 heavy (non-hydrogen) atoms. The Morgan fingerprint density at radius 1 is 1.00 bits per heavy atom. The molecular weight excluding hydrogens is 322 g/mol. The highest BCUT2D eigenvalue weighted by Gasteiger charge is 2.53. The van der Waals surface area contributed by atoms with Crippen LogP contribution in [-0.4, -0.2) is 25.4 Å². The number of halogens is 4. The van der Waals surface area contributed by atoms with Gasteiger partial charge in [0, 0.05) is 19.8 Å². The van der Waals surface area contributed by atoms with Crippen molar-refractivity contribution in [3.63, 3.8) is 0 Å². The topological polar surface area (TPSA) is 23.5 Å². The van der Waals surface area contributed by atoms with Crippen LogP contribution in [-0.2, 0) is 5.60 Å². The summed E-state index contributed by atoms with van der Waals surface area (Å²) in [5, 5.41) is 10.3. The van der Waals surface area contributed by atoms with Crippen molar-refractivity contribution < 1.29 is 22.7 Å². The van der Waals surface area contributed by atoms with Crippen LogP contribution < -0.4 is 4.90 Å². The maximum atomic E-state index is 13.4. The second-order valence-corrected chi connectivity index (χ2v) is 5.59. The van der Waals surface area contributed by atoms with Crippen molar-refractivity contribution in [2.24, 2.45) is 0 Å². The highest BCUT2D eigenvalue weighted by Crippen LogP contribution is 2.41. The van der Waals surface area contributed by atoms with E-state index in [0.29, 0.717) is 11.8 Å². The van der Waals surface area contributed by atoms with Gasteiger partial charge < -0.3 is 10.0 Å². The van der Waals surface area contributed by atoms with E-state index in [1.165, 1.54) is 42.5 Å². The van der Waals surface area contributed by atoms with Crippen LogP contribution in [0.1, 0.15) is 11.1 Å². The first-order valence-corrected chi connectivity index (χ1v) is 7.15. The van der Waals surface area contributed by atoms with Gasteiger partial charge in [0.1, 0.15) is 5.82 Å². The zero-order chi connectivity index (χ0) is 18.0. The molecule has 0 heterocycles. The number of aliphatic hydroxyl groups is 1. The number of alkyl halides is 3. The molecule has 2 aromatic rings. The van der Waals surface area contributed by atoms with Gasteiger partial charge in [-0.15, -0.1) is 0 Å². The van der Waals surface area contributed by atoms with Crippen LogP contribution in [0.25, 0.3) is 6.08 Å². The molecule has 0 saturated carbocycles. The van der Waals surface area contributed by atoms with E-state index >= 15 is 0 Å². The minimum Gasteiger partial charge on any atom is -0.378 e. The third-order valence-corrected chi connectivity index (χ3v) is 3.62. The van der Waals surface area contributed by atoms with Crippen molar-refractivity contribution in [1.29, 1.82) is 0 Å². The molecule has 6 heteroatoms. The smallest absolute Gasteiger partial charge is 0.378 e. The first-order chi connectivity index (χ1) is 11.1. The molecule has 2 aromatic carbocycles. The van der Waals surface area contributed by atoms with Crippen LogP contribution in [0.15, 0.2) is 54.6 Å². The third-order valence-electron chi connectivity index (χ3n) is 3.62. The molecule has 0 aliphatic rings. The SMILES string of the molecule is CN(C)c1ccc(C(O)(C=Cc2cccc(F)c2)C(F)(F)F)cc1. The summed E-state index contributed by atoms with van der Waals surface area (Å²) in [6.07, 6.45) is -3.24. The van der Waals surface area contributed by atoms with Crippen LogP contribution in [0.4, 0.5) is 23.2 Å². The highest BCUT2D eigenvalue weighted by atomic mass is 19.4. The van der Waals surface area contributed by atoms with Crippen molar-refractivity contribution in [2.75, 3.05) is 19.0 Å². The Labute approximate surface area is 137 Å². The van der Waals surface area contributed by atoms with Crippen molar-refractivity contribution in [3.8, 4) is 0 Å². The molecule has 0 spiro atoms. The average molecular weight is 339 g/mol. The van der Waals surface area contributed by atoms with Crippen LogP contribution in [0.3, 0.4) is 0 Å². The average Bonchev–Trinajstić information content (AvgIpc) is 2.51. The number of hydrogen-bond acceptors (Lipinski definition) is 2. The van der Waals surface area contributed by atoms with Gasteiger partial charge >= 0.3 is 6.18 Å².